The van der Waals surface area contributed by atoms with Crippen molar-refractivity contribution in [3.8, 4) is 45.5 Å². The van der Waals surface area contributed by atoms with Crippen molar-refractivity contribution in [3.63, 3.8) is 0 Å². The van der Waals surface area contributed by atoms with Gasteiger partial charge in [-0.25, -0.2) is 15.0 Å². The summed E-state index contributed by atoms with van der Waals surface area (Å²) in [6, 6.07) is 70.6. The molecule has 6 nitrogen and oxygen atoms in total. The summed E-state index contributed by atoms with van der Waals surface area (Å²) < 4.78 is 13.7. The molecular formula is C57H33N5OS. The molecule has 5 aromatic heterocycles. The molecule has 298 valence electrons. The molecular weight excluding hydrogens is 803 g/mol. The van der Waals surface area contributed by atoms with Crippen molar-refractivity contribution in [2.24, 2.45) is 0 Å². The molecule has 0 bridgehead atoms. The van der Waals surface area contributed by atoms with Crippen LogP contribution in [0.1, 0.15) is 0 Å². The van der Waals surface area contributed by atoms with Crippen molar-refractivity contribution in [2.45, 2.75) is 0 Å². The number of rotatable bonds is 5. The molecule has 7 heteroatoms. The molecule has 0 atom stereocenters. The molecule has 0 unspecified atom stereocenters. The molecule has 0 N–H and O–H groups in total. The molecule has 0 fully saturated rings. The van der Waals surface area contributed by atoms with Gasteiger partial charge in [-0.2, -0.15) is 0 Å². The fraction of sp³-hybridized carbons (Fsp3) is 0. The minimum Gasteiger partial charge on any atom is -0.455 e. The number of benzene rings is 9. The molecule has 0 aliphatic rings. The summed E-state index contributed by atoms with van der Waals surface area (Å²) in [5, 5.41) is 9.26. The Balaban J connectivity index is 0.978. The second kappa shape index (κ2) is 13.6. The maximum absolute atomic E-state index is 6.62. The molecule has 0 saturated heterocycles. The average Bonchev–Trinajstić information content (AvgIpc) is 4.12. The fourth-order valence-electron chi connectivity index (χ4n) is 9.96. The van der Waals surface area contributed by atoms with Gasteiger partial charge in [-0.15, -0.1) is 11.3 Å². The molecule has 14 rings (SSSR count). The highest BCUT2D eigenvalue weighted by molar-refractivity contribution is 7.26. The van der Waals surface area contributed by atoms with Crippen molar-refractivity contribution in [2.75, 3.05) is 0 Å². The van der Waals surface area contributed by atoms with Gasteiger partial charge < -0.3 is 13.6 Å². The molecule has 0 aliphatic heterocycles. The first-order valence-corrected chi connectivity index (χ1v) is 22.3. The molecule has 0 amide bonds. The first-order chi connectivity index (χ1) is 31.7. The maximum Gasteiger partial charge on any atom is 0.165 e. The van der Waals surface area contributed by atoms with E-state index in [1.165, 1.54) is 37.3 Å². The molecule has 5 heterocycles. The van der Waals surface area contributed by atoms with Crippen molar-refractivity contribution in [1.82, 2.24) is 24.1 Å². The largest absolute Gasteiger partial charge is 0.455 e. The molecule has 9 aromatic carbocycles. The van der Waals surface area contributed by atoms with E-state index in [1.807, 2.05) is 30.3 Å². The number of hydrogen-bond donors (Lipinski definition) is 0. The van der Waals surface area contributed by atoms with Gasteiger partial charge in [0.2, 0.25) is 0 Å². The van der Waals surface area contributed by atoms with E-state index in [1.54, 1.807) is 11.3 Å². The van der Waals surface area contributed by atoms with E-state index in [0.29, 0.717) is 17.5 Å². The van der Waals surface area contributed by atoms with Crippen molar-refractivity contribution >= 4 is 97.1 Å². The maximum atomic E-state index is 6.62. The van der Waals surface area contributed by atoms with Crippen LogP contribution in [0.15, 0.2) is 205 Å². The van der Waals surface area contributed by atoms with Crippen LogP contribution < -0.4 is 0 Å². The van der Waals surface area contributed by atoms with Crippen LogP contribution >= 0.6 is 11.3 Å². The third-order valence-corrected chi connectivity index (χ3v) is 14.0. The molecule has 0 saturated carbocycles. The lowest BCUT2D eigenvalue weighted by Crippen LogP contribution is -2.01. The minimum absolute atomic E-state index is 0.609. The van der Waals surface area contributed by atoms with Crippen molar-refractivity contribution in [3.05, 3.63) is 200 Å². The summed E-state index contributed by atoms with van der Waals surface area (Å²) in [6.45, 7) is 0. The van der Waals surface area contributed by atoms with Crippen LogP contribution in [-0.2, 0) is 0 Å². The third-order valence-electron chi connectivity index (χ3n) is 12.8. The standard InChI is InChI=1S/C57H33N5OS/c1-3-15-34(16-4-1)55-58-56(60-57(59-55)44-33-43-39-20-9-13-25-48(39)63-53(43)51-42-22-10-14-26-49(42)64-54(44)51)35-27-29-37(30-28-35)61-46-24-12-8-21-41(46)50-47(61)32-31-40-38-19-7-11-23-45(38)62(52(40)50)36-17-5-2-6-18-36/h1-33H. The number of nitrogens with zero attached hydrogens (tertiary/aromatic N) is 5. The van der Waals surface area contributed by atoms with E-state index in [9.17, 15) is 0 Å². The van der Waals surface area contributed by atoms with Crippen molar-refractivity contribution in [1.29, 1.82) is 0 Å². The predicted molar refractivity (Wildman–Crippen MR) is 265 cm³/mol. The van der Waals surface area contributed by atoms with Gasteiger partial charge in [0.15, 0.2) is 17.5 Å². The van der Waals surface area contributed by atoms with E-state index < -0.39 is 0 Å². The Kier molecular flexibility index (Phi) is 7.46. The Morgan fingerprint density at radius 3 is 1.77 bits per heavy atom. The quantitative estimate of drug-likeness (QED) is 0.173. The summed E-state index contributed by atoms with van der Waals surface area (Å²) in [6.07, 6.45) is 0. The first-order valence-electron chi connectivity index (χ1n) is 21.4. The highest BCUT2D eigenvalue weighted by Crippen LogP contribution is 2.47. The number of furan rings is 1. The Morgan fingerprint density at radius 2 is 0.984 bits per heavy atom. The Morgan fingerprint density at radius 1 is 0.391 bits per heavy atom. The minimum atomic E-state index is 0.609. The molecule has 0 spiro atoms. The average molecular weight is 836 g/mol. The Hall–Kier alpha value is -8.39. The van der Waals surface area contributed by atoms with Crippen LogP contribution in [0.5, 0.6) is 0 Å². The smallest absolute Gasteiger partial charge is 0.165 e. The van der Waals surface area contributed by atoms with Gasteiger partial charge in [0.1, 0.15) is 11.2 Å². The highest BCUT2D eigenvalue weighted by atomic mass is 32.1. The Bertz CT molecular complexity index is 4180. The second-order valence-electron chi connectivity index (χ2n) is 16.3. The van der Waals surface area contributed by atoms with Gasteiger partial charge in [-0.1, -0.05) is 127 Å². The number of aromatic nitrogens is 5. The summed E-state index contributed by atoms with van der Waals surface area (Å²) >= 11 is 1.75. The molecule has 0 radical (unpaired) electrons. The van der Waals surface area contributed by atoms with E-state index >= 15 is 0 Å². The van der Waals surface area contributed by atoms with Crippen LogP contribution in [0, 0.1) is 0 Å². The van der Waals surface area contributed by atoms with E-state index in [4.69, 9.17) is 19.4 Å². The lowest BCUT2D eigenvalue weighted by molar-refractivity contribution is 0.673. The van der Waals surface area contributed by atoms with E-state index in [-0.39, 0.29) is 0 Å². The van der Waals surface area contributed by atoms with Crippen LogP contribution in [0.25, 0.3) is 131 Å². The van der Waals surface area contributed by atoms with E-state index in [2.05, 4.69) is 179 Å². The van der Waals surface area contributed by atoms with Gasteiger partial charge in [-0.3, -0.25) is 0 Å². The van der Waals surface area contributed by atoms with Gasteiger partial charge >= 0.3 is 0 Å². The molecule has 14 aromatic rings. The number of hydrogen-bond acceptors (Lipinski definition) is 5. The fourth-order valence-corrected chi connectivity index (χ4v) is 11.2. The SMILES string of the molecule is c1ccc(-c2nc(-c3ccc(-n4c5ccccc5c5c4ccc4c6ccccc6n(-c6ccccc6)c45)cc3)nc(-c3cc4c5ccccc5oc4c4c3sc3ccccc34)n2)cc1. The molecule has 0 aliphatic carbocycles. The summed E-state index contributed by atoms with van der Waals surface area (Å²) in [5.41, 5.74) is 11.4. The van der Waals surface area contributed by atoms with Crippen molar-refractivity contribution < 1.29 is 4.42 Å². The van der Waals surface area contributed by atoms with E-state index in [0.717, 1.165) is 76.5 Å². The normalized spacial score (nSPS) is 12.1. The predicted octanol–water partition coefficient (Wildman–Crippen LogP) is 15.3. The van der Waals surface area contributed by atoms with Crippen LogP contribution in [0.3, 0.4) is 0 Å². The Labute approximate surface area is 369 Å². The zero-order valence-electron chi connectivity index (χ0n) is 34.1. The van der Waals surface area contributed by atoms with Crippen LogP contribution in [-0.4, -0.2) is 24.1 Å². The summed E-state index contributed by atoms with van der Waals surface area (Å²) in [4.78, 5) is 15.7. The topological polar surface area (TPSA) is 61.7 Å². The lowest BCUT2D eigenvalue weighted by atomic mass is 10.0. The number of para-hydroxylation sites is 4. The molecule has 64 heavy (non-hydrogen) atoms. The zero-order chi connectivity index (χ0) is 41.9. The summed E-state index contributed by atoms with van der Waals surface area (Å²) in [7, 11) is 0. The van der Waals surface area contributed by atoms with Gasteiger partial charge in [0, 0.05) is 75.9 Å². The van der Waals surface area contributed by atoms with Crippen LogP contribution in [0.4, 0.5) is 0 Å². The van der Waals surface area contributed by atoms with Crippen LogP contribution in [0.2, 0.25) is 0 Å². The summed E-state index contributed by atoms with van der Waals surface area (Å²) in [5.74, 6) is 1.85. The zero-order valence-corrected chi connectivity index (χ0v) is 34.9. The second-order valence-corrected chi connectivity index (χ2v) is 17.4. The lowest BCUT2D eigenvalue weighted by Gasteiger charge is -2.12. The van der Waals surface area contributed by atoms with Gasteiger partial charge in [0.25, 0.3) is 0 Å². The first kappa shape index (κ1) is 35.2. The number of fused-ring (bicyclic) bond motifs is 14. The van der Waals surface area contributed by atoms with Gasteiger partial charge in [0.05, 0.1) is 26.8 Å². The highest BCUT2D eigenvalue weighted by Gasteiger charge is 2.24. The van der Waals surface area contributed by atoms with Gasteiger partial charge in [-0.05, 0) is 72.8 Å². The third kappa shape index (κ3) is 5.10. The number of thiophene rings is 1. The monoisotopic (exact) mass is 835 g/mol.